The molecule has 96 valence electrons. The molecule has 1 atom stereocenters. The maximum atomic E-state index is 10.1. The molecule has 2 rings (SSSR count). The number of aliphatic hydroxyl groups excluding tert-OH is 1. The molecule has 18 heavy (non-hydrogen) atoms. The molecular formula is C11H11Br2N3OS. The van der Waals surface area contributed by atoms with Crippen LogP contribution in [-0.4, -0.2) is 25.9 Å². The number of aryl methyl sites for hydroxylation is 1. The van der Waals surface area contributed by atoms with Crippen molar-refractivity contribution in [2.75, 3.05) is 5.75 Å². The van der Waals surface area contributed by atoms with E-state index in [2.05, 4.69) is 42.2 Å². The standard InChI is InChI=1S/C11H11Br2N3OS/c1-16-10(11(13)14-15-16)9(17)6-18-8-4-2-3-7(12)5-8/h2-5,9,17H,6H2,1H3. The molecule has 0 amide bonds. The maximum absolute atomic E-state index is 10.1. The molecule has 1 unspecified atom stereocenters. The van der Waals surface area contributed by atoms with Crippen LogP contribution in [0.15, 0.2) is 38.2 Å². The minimum Gasteiger partial charge on any atom is -0.386 e. The molecule has 0 aliphatic rings. The largest absolute Gasteiger partial charge is 0.386 e. The van der Waals surface area contributed by atoms with Gasteiger partial charge in [0.05, 0.1) is 0 Å². The van der Waals surface area contributed by atoms with Crippen molar-refractivity contribution in [2.45, 2.75) is 11.0 Å². The molecule has 0 saturated carbocycles. The Morgan fingerprint density at radius 1 is 1.44 bits per heavy atom. The monoisotopic (exact) mass is 391 g/mol. The van der Waals surface area contributed by atoms with Crippen LogP contribution in [0.2, 0.25) is 0 Å². The highest BCUT2D eigenvalue weighted by molar-refractivity contribution is 9.10. The van der Waals surface area contributed by atoms with Gasteiger partial charge >= 0.3 is 0 Å². The first-order valence-electron chi connectivity index (χ1n) is 5.19. The SMILES string of the molecule is Cn1nnc(Br)c1C(O)CSc1cccc(Br)c1. The first kappa shape index (κ1) is 14.0. The first-order valence-corrected chi connectivity index (χ1v) is 7.76. The van der Waals surface area contributed by atoms with Gasteiger partial charge < -0.3 is 5.11 Å². The van der Waals surface area contributed by atoms with Gasteiger partial charge in [-0.1, -0.05) is 27.2 Å². The minimum atomic E-state index is -0.608. The van der Waals surface area contributed by atoms with Gasteiger partial charge in [-0.2, -0.15) is 0 Å². The third-order valence-electron chi connectivity index (χ3n) is 2.35. The molecule has 2 aromatic rings. The predicted octanol–water partition coefficient (Wildman–Crippen LogP) is 3.17. The second kappa shape index (κ2) is 6.18. The van der Waals surface area contributed by atoms with E-state index in [-0.39, 0.29) is 0 Å². The number of hydrogen-bond donors (Lipinski definition) is 1. The molecule has 0 aliphatic heterocycles. The molecular weight excluding hydrogens is 382 g/mol. The highest BCUT2D eigenvalue weighted by Crippen LogP contribution is 2.28. The van der Waals surface area contributed by atoms with Crippen LogP contribution >= 0.6 is 43.6 Å². The van der Waals surface area contributed by atoms with Gasteiger partial charge in [-0.25, -0.2) is 4.68 Å². The molecule has 0 aliphatic carbocycles. The number of aromatic nitrogens is 3. The van der Waals surface area contributed by atoms with Crippen LogP contribution in [0, 0.1) is 0 Å². The molecule has 1 N–H and O–H groups in total. The van der Waals surface area contributed by atoms with Crippen molar-refractivity contribution in [3.05, 3.63) is 39.0 Å². The molecule has 1 heterocycles. The van der Waals surface area contributed by atoms with Gasteiger partial charge in [0, 0.05) is 22.2 Å². The summed E-state index contributed by atoms with van der Waals surface area (Å²) in [5.74, 6) is 0.552. The Morgan fingerprint density at radius 3 is 2.83 bits per heavy atom. The summed E-state index contributed by atoms with van der Waals surface area (Å²) in [5.41, 5.74) is 0.692. The number of nitrogens with zero attached hydrogens (tertiary/aromatic N) is 3. The molecule has 0 radical (unpaired) electrons. The summed E-state index contributed by atoms with van der Waals surface area (Å²) in [5, 5.41) is 17.8. The number of halogens is 2. The minimum absolute atomic E-state index is 0.552. The molecule has 0 spiro atoms. The van der Waals surface area contributed by atoms with Crippen molar-refractivity contribution < 1.29 is 5.11 Å². The summed E-state index contributed by atoms with van der Waals surface area (Å²) in [7, 11) is 1.76. The lowest BCUT2D eigenvalue weighted by Gasteiger charge is -2.10. The quantitative estimate of drug-likeness (QED) is 0.812. The fourth-order valence-corrected chi connectivity index (χ4v) is 3.54. The van der Waals surface area contributed by atoms with E-state index in [0.717, 1.165) is 9.37 Å². The second-order valence-corrected chi connectivity index (χ2v) is 6.43. The van der Waals surface area contributed by atoms with Crippen molar-refractivity contribution in [3.8, 4) is 0 Å². The topological polar surface area (TPSA) is 50.9 Å². The van der Waals surface area contributed by atoms with E-state index in [1.54, 1.807) is 23.5 Å². The number of hydrogen-bond acceptors (Lipinski definition) is 4. The average molecular weight is 393 g/mol. The molecule has 0 saturated heterocycles. The fraction of sp³-hybridized carbons (Fsp3) is 0.273. The van der Waals surface area contributed by atoms with Crippen molar-refractivity contribution in [3.63, 3.8) is 0 Å². The van der Waals surface area contributed by atoms with Crippen molar-refractivity contribution in [2.24, 2.45) is 7.05 Å². The zero-order valence-electron chi connectivity index (χ0n) is 9.55. The van der Waals surface area contributed by atoms with Crippen LogP contribution < -0.4 is 0 Å². The zero-order chi connectivity index (χ0) is 13.1. The Labute approximate surface area is 126 Å². The van der Waals surface area contributed by atoms with Gasteiger partial charge in [0.25, 0.3) is 0 Å². The summed E-state index contributed by atoms with van der Waals surface area (Å²) < 4.78 is 3.20. The van der Waals surface area contributed by atoms with Crippen LogP contribution in [0.25, 0.3) is 0 Å². The normalized spacial score (nSPS) is 12.7. The lowest BCUT2D eigenvalue weighted by Crippen LogP contribution is -2.08. The number of thioether (sulfide) groups is 1. The lowest BCUT2D eigenvalue weighted by molar-refractivity contribution is 0.193. The molecule has 1 aromatic carbocycles. The number of rotatable bonds is 4. The van der Waals surface area contributed by atoms with Crippen molar-refractivity contribution in [1.82, 2.24) is 15.0 Å². The Bertz CT molecular complexity index is 527. The van der Waals surface area contributed by atoms with Gasteiger partial charge in [0.15, 0.2) is 4.60 Å². The van der Waals surface area contributed by atoms with E-state index in [1.165, 1.54) is 0 Å². The predicted molar refractivity (Wildman–Crippen MR) is 78.5 cm³/mol. The summed E-state index contributed by atoms with van der Waals surface area (Å²) in [6.45, 7) is 0. The van der Waals surface area contributed by atoms with Crippen LogP contribution in [0.1, 0.15) is 11.8 Å². The summed E-state index contributed by atoms with van der Waals surface area (Å²) in [6, 6.07) is 7.98. The van der Waals surface area contributed by atoms with E-state index >= 15 is 0 Å². The van der Waals surface area contributed by atoms with Gasteiger partial charge in [-0.15, -0.1) is 16.9 Å². The summed E-state index contributed by atoms with van der Waals surface area (Å²) in [6.07, 6.45) is -0.608. The van der Waals surface area contributed by atoms with Gasteiger partial charge in [-0.05, 0) is 34.1 Å². The Morgan fingerprint density at radius 2 is 2.22 bits per heavy atom. The van der Waals surface area contributed by atoms with E-state index in [9.17, 15) is 5.11 Å². The van der Waals surface area contributed by atoms with E-state index < -0.39 is 6.10 Å². The fourth-order valence-electron chi connectivity index (χ4n) is 1.50. The van der Waals surface area contributed by atoms with Gasteiger partial charge in [0.1, 0.15) is 11.8 Å². The van der Waals surface area contributed by atoms with Gasteiger partial charge in [0.2, 0.25) is 0 Å². The third-order valence-corrected chi connectivity index (χ3v) is 4.47. The van der Waals surface area contributed by atoms with E-state index in [0.29, 0.717) is 16.0 Å². The molecule has 0 bridgehead atoms. The first-order chi connectivity index (χ1) is 8.58. The van der Waals surface area contributed by atoms with E-state index in [1.807, 2.05) is 24.3 Å². The van der Waals surface area contributed by atoms with Crippen LogP contribution in [0.5, 0.6) is 0 Å². The third kappa shape index (κ3) is 3.34. The summed E-state index contributed by atoms with van der Waals surface area (Å²) >= 11 is 8.30. The Kier molecular flexibility index (Phi) is 4.83. The summed E-state index contributed by atoms with van der Waals surface area (Å²) in [4.78, 5) is 1.11. The van der Waals surface area contributed by atoms with Crippen molar-refractivity contribution >= 4 is 43.6 Å². The second-order valence-electron chi connectivity index (χ2n) is 3.67. The highest BCUT2D eigenvalue weighted by atomic mass is 79.9. The Hall–Kier alpha value is -0.370. The molecule has 0 fully saturated rings. The number of aliphatic hydroxyl groups is 1. The van der Waals surface area contributed by atoms with Crippen LogP contribution in [-0.2, 0) is 7.05 Å². The van der Waals surface area contributed by atoms with Crippen LogP contribution in [0.3, 0.4) is 0 Å². The highest BCUT2D eigenvalue weighted by Gasteiger charge is 2.17. The van der Waals surface area contributed by atoms with Crippen molar-refractivity contribution in [1.29, 1.82) is 0 Å². The molecule has 1 aromatic heterocycles. The average Bonchev–Trinajstić information content (AvgIpc) is 2.66. The molecule has 7 heteroatoms. The molecule has 4 nitrogen and oxygen atoms in total. The van der Waals surface area contributed by atoms with Gasteiger partial charge in [-0.3, -0.25) is 0 Å². The maximum Gasteiger partial charge on any atom is 0.154 e. The number of benzene rings is 1. The van der Waals surface area contributed by atoms with E-state index in [4.69, 9.17) is 0 Å². The smallest absolute Gasteiger partial charge is 0.154 e. The van der Waals surface area contributed by atoms with Crippen LogP contribution in [0.4, 0.5) is 0 Å². The zero-order valence-corrected chi connectivity index (χ0v) is 13.5. The Balaban J connectivity index is 2.03. The lowest BCUT2D eigenvalue weighted by atomic mass is 10.3.